The first-order chi connectivity index (χ1) is 10.7. The zero-order chi connectivity index (χ0) is 17.2. The number of aromatic nitrogens is 3. The van der Waals surface area contributed by atoms with E-state index in [0.717, 1.165) is 0 Å². The van der Waals surface area contributed by atoms with Gasteiger partial charge in [0.25, 0.3) is 5.82 Å². The molecule has 0 atom stereocenters. The van der Waals surface area contributed by atoms with Crippen LogP contribution in [0.25, 0.3) is 0 Å². The molecule has 0 fully saturated rings. The van der Waals surface area contributed by atoms with Crippen LogP contribution in [0.4, 0.5) is 23.2 Å². The predicted molar refractivity (Wildman–Crippen MR) is 75.7 cm³/mol. The molecule has 0 aliphatic heterocycles. The van der Waals surface area contributed by atoms with Crippen LogP contribution in [-0.4, -0.2) is 26.5 Å². The van der Waals surface area contributed by atoms with Crippen LogP contribution >= 0.6 is 11.8 Å². The summed E-state index contributed by atoms with van der Waals surface area (Å²) in [6.45, 7) is 1.69. The van der Waals surface area contributed by atoms with Crippen LogP contribution in [0.2, 0.25) is 0 Å². The third kappa shape index (κ3) is 4.12. The molecule has 0 spiro atoms. The van der Waals surface area contributed by atoms with Crippen molar-refractivity contribution in [3.8, 4) is 0 Å². The highest BCUT2D eigenvalue weighted by Gasteiger charge is 2.38. The van der Waals surface area contributed by atoms with E-state index in [0.29, 0.717) is 17.3 Å². The molecule has 0 saturated carbocycles. The lowest BCUT2D eigenvalue weighted by molar-refractivity contribution is -0.146. The van der Waals surface area contributed by atoms with E-state index in [2.05, 4.69) is 15.5 Å². The molecule has 0 saturated heterocycles. The van der Waals surface area contributed by atoms with Gasteiger partial charge in [-0.15, -0.1) is 10.2 Å². The Kier molecular flexibility index (Phi) is 4.78. The molecule has 2 aromatic rings. The molecule has 0 radical (unpaired) electrons. The molecule has 0 aliphatic rings. The summed E-state index contributed by atoms with van der Waals surface area (Å²) in [5.74, 6) is 2.33. The number of thioether (sulfide) groups is 1. The van der Waals surface area contributed by atoms with E-state index in [4.69, 9.17) is 5.84 Å². The first-order valence-corrected chi connectivity index (χ1v) is 7.13. The van der Waals surface area contributed by atoms with Crippen molar-refractivity contribution in [1.82, 2.24) is 14.9 Å². The number of nitrogens with zero attached hydrogens (tertiary/aromatic N) is 3. The number of hydrogen-bond acceptors (Lipinski definition) is 5. The van der Waals surface area contributed by atoms with Gasteiger partial charge >= 0.3 is 6.18 Å². The highest BCUT2D eigenvalue weighted by molar-refractivity contribution is 7.99. The molecule has 1 heterocycles. The largest absolute Gasteiger partial charge is 0.453 e. The maximum atomic E-state index is 13.6. The third-order valence-electron chi connectivity index (χ3n) is 2.65. The van der Waals surface area contributed by atoms with E-state index in [9.17, 15) is 22.4 Å². The molecule has 0 unspecified atom stereocenters. The molecule has 124 valence electrons. The van der Waals surface area contributed by atoms with E-state index < -0.39 is 23.7 Å². The highest BCUT2D eigenvalue weighted by atomic mass is 32.2. The number of carbonyl (C=O) groups is 1. The SMILES string of the molecule is Cc1ccc(NC(=O)CSc2nnc(C(F)(F)F)n2N)c(F)c1. The number of rotatable bonds is 4. The maximum Gasteiger partial charge on any atom is 0.453 e. The summed E-state index contributed by atoms with van der Waals surface area (Å²) in [5, 5.41) is 8.22. The van der Waals surface area contributed by atoms with Gasteiger partial charge in [0.05, 0.1) is 11.4 Å². The van der Waals surface area contributed by atoms with Crippen LogP contribution in [0.15, 0.2) is 23.4 Å². The average molecular weight is 349 g/mol. The van der Waals surface area contributed by atoms with Gasteiger partial charge in [-0.25, -0.2) is 9.07 Å². The van der Waals surface area contributed by atoms with Gasteiger partial charge in [-0.05, 0) is 24.6 Å². The second-order valence-corrected chi connectivity index (χ2v) is 5.44. The molecule has 23 heavy (non-hydrogen) atoms. The lowest BCUT2D eigenvalue weighted by Gasteiger charge is -2.07. The van der Waals surface area contributed by atoms with Crippen molar-refractivity contribution in [3.05, 3.63) is 35.4 Å². The number of aryl methyl sites for hydroxylation is 1. The van der Waals surface area contributed by atoms with Gasteiger partial charge in [0.15, 0.2) is 0 Å². The van der Waals surface area contributed by atoms with E-state index >= 15 is 0 Å². The first-order valence-electron chi connectivity index (χ1n) is 6.15. The van der Waals surface area contributed by atoms with E-state index in [1.165, 1.54) is 12.1 Å². The minimum Gasteiger partial charge on any atom is -0.335 e. The number of amides is 1. The zero-order valence-corrected chi connectivity index (χ0v) is 12.5. The Balaban J connectivity index is 1.98. The Labute approximate surface area is 132 Å². The molecule has 1 aromatic heterocycles. The summed E-state index contributed by atoms with van der Waals surface area (Å²) in [6, 6.07) is 4.24. The molecule has 0 aliphatic carbocycles. The quantitative estimate of drug-likeness (QED) is 0.502. The zero-order valence-electron chi connectivity index (χ0n) is 11.7. The Morgan fingerprint density at radius 2 is 2.09 bits per heavy atom. The van der Waals surface area contributed by atoms with Crippen LogP contribution in [0.5, 0.6) is 0 Å². The van der Waals surface area contributed by atoms with Crippen LogP contribution in [0, 0.1) is 12.7 Å². The Morgan fingerprint density at radius 1 is 1.39 bits per heavy atom. The summed E-state index contributed by atoms with van der Waals surface area (Å²) in [4.78, 5) is 11.7. The van der Waals surface area contributed by atoms with E-state index in [1.807, 2.05) is 0 Å². The fraction of sp³-hybridized carbons (Fsp3) is 0.250. The van der Waals surface area contributed by atoms with Crippen molar-refractivity contribution >= 4 is 23.4 Å². The number of anilines is 1. The number of nitrogens with two attached hydrogens (primary N) is 1. The van der Waals surface area contributed by atoms with Crippen molar-refractivity contribution in [2.24, 2.45) is 0 Å². The number of nitrogens with one attached hydrogen (secondary N) is 1. The molecule has 1 amide bonds. The fourth-order valence-electron chi connectivity index (χ4n) is 1.61. The van der Waals surface area contributed by atoms with Crippen molar-refractivity contribution in [2.75, 3.05) is 16.9 Å². The van der Waals surface area contributed by atoms with Crippen molar-refractivity contribution < 1.29 is 22.4 Å². The van der Waals surface area contributed by atoms with Gasteiger partial charge in [-0.3, -0.25) is 4.79 Å². The van der Waals surface area contributed by atoms with Gasteiger partial charge in [-0.1, -0.05) is 17.8 Å². The number of alkyl halides is 3. The highest BCUT2D eigenvalue weighted by Crippen LogP contribution is 2.28. The van der Waals surface area contributed by atoms with Gasteiger partial charge in [0.2, 0.25) is 11.1 Å². The van der Waals surface area contributed by atoms with Gasteiger partial charge < -0.3 is 11.2 Å². The predicted octanol–water partition coefficient (Wildman–Crippen LogP) is 2.19. The summed E-state index contributed by atoms with van der Waals surface area (Å²) in [5.41, 5.74) is 0.664. The van der Waals surface area contributed by atoms with Crippen LogP contribution in [0.3, 0.4) is 0 Å². The molecule has 0 bridgehead atoms. The second kappa shape index (κ2) is 6.44. The van der Waals surface area contributed by atoms with E-state index in [-0.39, 0.29) is 21.3 Å². The lowest BCUT2D eigenvalue weighted by Crippen LogP contribution is -2.22. The smallest absolute Gasteiger partial charge is 0.335 e. The maximum absolute atomic E-state index is 13.6. The molecule has 6 nitrogen and oxygen atoms in total. The molecular weight excluding hydrogens is 338 g/mol. The Hall–Kier alpha value is -2.30. The third-order valence-corrected chi connectivity index (χ3v) is 3.59. The van der Waals surface area contributed by atoms with Crippen LogP contribution in [-0.2, 0) is 11.0 Å². The first kappa shape index (κ1) is 17.1. The molecule has 1 aromatic carbocycles. The topological polar surface area (TPSA) is 85.8 Å². The second-order valence-electron chi connectivity index (χ2n) is 4.49. The van der Waals surface area contributed by atoms with Crippen LogP contribution < -0.4 is 11.2 Å². The van der Waals surface area contributed by atoms with Crippen LogP contribution in [0.1, 0.15) is 11.4 Å². The Bertz CT molecular complexity index is 731. The minimum absolute atomic E-state index is 0.0219. The molecule has 2 rings (SSSR count). The number of hydrogen-bond donors (Lipinski definition) is 2. The Morgan fingerprint density at radius 3 is 2.65 bits per heavy atom. The summed E-state index contributed by atoms with van der Waals surface area (Å²) in [7, 11) is 0. The molecular formula is C12H11F4N5OS. The van der Waals surface area contributed by atoms with Crippen molar-refractivity contribution in [3.63, 3.8) is 0 Å². The molecule has 3 N–H and O–H groups in total. The van der Waals surface area contributed by atoms with E-state index in [1.54, 1.807) is 13.0 Å². The summed E-state index contributed by atoms with van der Waals surface area (Å²) in [6.07, 6.45) is -4.74. The lowest BCUT2D eigenvalue weighted by atomic mass is 10.2. The molecule has 11 heteroatoms. The standard InChI is InChI=1S/C12H11F4N5OS/c1-6-2-3-8(7(13)4-6)18-9(22)5-23-11-20-19-10(21(11)17)12(14,15)16/h2-4H,5,17H2,1H3,(H,18,22). The average Bonchev–Trinajstić information content (AvgIpc) is 2.81. The van der Waals surface area contributed by atoms with Gasteiger partial charge in [0.1, 0.15) is 5.82 Å². The number of benzene rings is 1. The number of carbonyl (C=O) groups excluding carboxylic acids is 1. The summed E-state index contributed by atoms with van der Waals surface area (Å²) >= 11 is 0.650. The number of nitrogen functional groups attached to an aromatic ring is 1. The monoisotopic (exact) mass is 349 g/mol. The normalized spacial score (nSPS) is 11.5. The van der Waals surface area contributed by atoms with Gasteiger partial charge in [0, 0.05) is 0 Å². The van der Waals surface area contributed by atoms with Gasteiger partial charge in [-0.2, -0.15) is 13.2 Å². The number of halogens is 4. The minimum atomic E-state index is -4.74. The van der Waals surface area contributed by atoms with Crippen molar-refractivity contribution in [1.29, 1.82) is 0 Å². The summed E-state index contributed by atoms with van der Waals surface area (Å²) < 4.78 is 51.3. The fourth-order valence-corrected chi connectivity index (χ4v) is 2.26. The van der Waals surface area contributed by atoms with Crippen molar-refractivity contribution in [2.45, 2.75) is 18.3 Å².